The van der Waals surface area contributed by atoms with E-state index in [0.717, 1.165) is 6.42 Å². The molecule has 0 bridgehead atoms. The normalized spacial score (nSPS) is 11.3. The number of thiophene rings is 1. The third-order valence-electron chi connectivity index (χ3n) is 6.54. The first-order valence-corrected chi connectivity index (χ1v) is 12.2. The summed E-state index contributed by atoms with van der Waals surface area (Å²) in [6, 6.07) is 41.9. The molecule has 1 aromatic heterocycles. The molecule has 0 unspecified atom stereocenters. The number of rotatable bonds is 4. The molecule has 0 saturated carbocycles. The Morgan fingerprint density at radius 3 is 2.00 bits per heavy atom. The van der Waals surface area contributed by atoms with Gasteiger partial charge >= 0.3 is 0 Å². The van der Waals surface area contributed by atoms with Crippen molar-refractivity contribution in [2.24, 2.45) is 0 Å². The predicted molar refractivity (Wildman–Crippen MR) is 144 cm³/mol. The molecule has 0 amide bonds. The van der Waals surface area contributed by atoms with Crippen molar-refractivity contribution in [1.82, 2.24) is 0 Å². The van der Waals surface area contributed by atoms with Gasteiger partial charge in [0, 0.05) is 20.2 Å². The van der Waals surface area contributed by atoms with Gasteiger partial charge in [-0.2, -0.15) is 0 Å². The Hall–Kier alpha value is -3.68. The van der Waals surface area contributed by atoms with Crippen LogP contribution < -0.4 is 0 Å². The minimum atomic E-state index is 0.966. The Morgan fingerprint density at radius 2 is 1.15 bits per heavy atom. The lowest BCUT2D eigenvalue weighted by atomic mass is 9.91. The maximum atomic E-state index is 2.27. The first-order valence-electron chi connectivity index (χ1n) is 11.4. The van der Waals surface area contributed by atoms with Crippen LogP contribution in [0.25, 0.3) is 42.4 Å². The van der Waals surface area contributed by atoms with Crippen LogP contribution in [0.5, 0.6) is 0 Å². The van der Waals surface area contributed by atoms with Crippen molar-refractivity contribution < 1.29 is 0 Å². The van der Waals surface area contributed by atoms with Crippen LogP contribution in [-0.4, -0.2) is 0 Å². The van der Waals surface area contributed by atoms with Crippen LogP contribution in [0.3, 0.4) is 0 Å². The van der Waals surface area contributed by atoms with Crippen LogP contribution in [0.4, 0.5) is 0 Å². The molecule has 0 saturated heterocycles. The van der Waals surface area contributed by atoms with E-state index in [1.54, 1.807) is 0 Å². The summed E-state index contributed by atoms with van der Waals surface area (Å²) in [5.41, 5.74) is 9.24. The summed E-state index contributed by atoms with van der Waals surface area (Å²) in [4.78, 5) is 0. The zero-order valence-corrected chi connectivity index (χ0v) is 19.4. The quantitative estimate of drug-likeness (QED) is 0.256. The van der Waals surface area contributed by atoms with Crippen molar-refractivity contribution in [3.63, 3.8) is 0 Å². The van der Waals surface area contributed by atoms with Gasteiger partial charge in [0.1, 0.15) is 0 Å². The molecule has 0 aliphatic rings. The van der Waals surface area contributed by atoms with Crippen molar-refractivity contribution in [2.45, 2.75) is 13.3 Å². The molecule has 6 aromatic rings. The molecule has 0 N–H and O–H groups in total. The Morgan fingerprint density at radius 1 is 0.515 bits per heavy atom. The molecule has 0 aliphatic carbocycles. The zero-order chi connectivity index (χ0) is 22.2. The zero-order valence-electron chi connectivity index (χ0n) is 18.6. The van der Waals surface area contributed by atoms with Gasteiger partial charge in [0.15, 0.2) is 0 Å². The Kier molecular flexibility index (Phi) is 5.05. The van der Waals surface area contributed by atoms with E-state index < -0.39 is 0 Å². The molecule has 0 nitrogen and oxygen atoms in total. The van der Waals surface area contributed by atoms with Crippen molar-refractivity contribution in [2.75, 3.05) is 0 Å². The van der Waals surface area contributed by atoms with Crippen LogP contribution in [0, 0.1) is 6.92 Å². The largest absolute Gasteiger partial charge is 0.135 e. The van der Waals surface area contributed by atoms with Crippen LogP contribution in [0.2, 0.25) is 0 Å². The van der Waals surface area contributed by atoms with Gasteiger partial charge in [-0.3, -0.25) is 0 Å². The van der Waals surface area contributed by atoms with Gasteiger partial charge in [0.25, 0.3) is 0 Å². The highest BCUT2D eigenvalue weighted by Crippen LogP contribution is 2.42. The maximum Gasteiger partial charge on any atom is 0.0433 e. The van der Waals surface area contributed by atoms with Gasteiger partial charge in [-0.1, -0.05) is 109 Å². The van der Waals surface area contributed by atoms with Crippen molar-refractivity contribution >= 4 is 31.5 Å². The Labute approximate surface area is 198 Å². The lowest BCUT2D eigenvalue weighted by molar-refractivity contribution is 1.19. The van der Waals surface area contributed by atoms with Gasteiger partial charge < -0.3 is 0 Å². The topological polar surface area (TPSA) is 0 Å². The van der Waals surface area contributed by atoms with E-state index in [2.05, 4.69) is 122 Å². The summed E-state index contributed by atoms with van der Waals surface area (Å²) in [6.07, 6.45) is 0.966. The molecule has 158 valence electrons. The van der Waals surface area contributed by atoms with Crippen molar-refractivity contribution in [3.8, 4) is 22.3 Å². The van der Waals surface area contributed by atoms with E-state index in [9.17, 15) is 0 Å². The predicted octanol–water partition coefficient (Wildman–Crippen LogP) is 9.29. The summed E-state index contributed by atoms with van der Waals surface area (Å²) in [7, 11) is 0. The highest BCUT2D eigenvalue weighted by atomic mass is 32.1. The molecule has 0 spiro atoms. The molecular formula is C32H24S. The monoisotopic (exact) mass is 440 g/mol. The van der Waals surface area contributed by atoms with Crippen LogP contribution in [0.1, 0.15) is 16.7 Å². The molecule has 5 aromatic carbocycles. The molecule has 33 heavy (non-hydrogen) atoms. The van der Waals surface area contributed by atoms with E-state index >= 15 is 0 Å². The first-order chi connectivity index (χ1) is 16.3. The number of benzene rings is 5. The highest BCUT2D eigenvalue weighted by Gasteiger charge is 2.13. The van der Waals surface area contributed by atoms with Crippen molar-refractivity contribution in [3.05, 3.63) is 132 Å². The molecule has 1 heterocycles. The van der Waals surface area contributed by atoms with Crippen LogP contribution in [0.15, 0.2) is 115 Å². The van der Waals surface area contributed by atoms with Crippen LogP contribution in [-0.2, 0) is 6.42 Å². The SMILES string of the molecule is Cc1c(-c2ccc(Cc3ccccc3)cc2)cccc1-c1cccc2c1sc1ccccc12. The molecule has 0 radical (unpaired) electrons. The second-order valence-electron chi connectivity index (χ2n) is 8.62. The van der Waals surface area contributed by atoms with Crippen LogP contribution >= 0.6 is 11.3 Å². The van der Waals surface area contributed by atoms with Crippen molar-refractivity contribution in [1.29, 1.82) is 0 Å². The summed E-state index contributed by atoms with van der Waals surface area (Å²) in [5.74, 6) is 0. The van der Waals surface area contributed by atoms with Gasteiger partial charge in [-0.05, 0) is 58.4 Å². The smallest absolute Gasteiger partial charge is 0.0433 e. The van der Waals surface area contributed by atoms with Gasteiger partial charge in [0.2, 0.25) is 0 Å². The molecule has 0 aliphatic heterocycles. The standard InChI is InChI=1S/C32H24S/c1-22-26(25-19-17-24(18-20-25)21-23-9-3-2-4-10-23)12-7-13-27(22)29-14-8-15-30-28-11-5-6-16-31(28)33-32(29)30/h2-20H,21H2,1H3. The third-order valence-corrected chi connectivity index (χ3v) is 7.76. The minimum absolute atomic E-state index is 0.966. The summed E-state index contributed by atoms with van der Waals surface area (Å²) >= 11 is 1.90. The summed E-state index contributed by atoms with van der Waals surface area (Å²) < 4.78 is 2.72. The van der Waals surface area contributed by atoms with E-state index in [4.69, 9.17) is 0 Å². The number of hydrogen-bond donors (Lipinski definition) is 0. The summed E-state index contributed by atoms with van der Waals surface area (Å²) in [6.45, 7) is 2.26. The van der Waals surface area contributed by atoms with E-state index in [1.165, 1.54) is 59.1 Å². The fraction of sp³-hybridized carbons (Fsp3) is 0.0625. The molecule has 6 rings (SSSR count). The fourth-order valence-corrected chi connectivity index (χ4v) is 6.06. The second kappa shape index (κ2) is 8.35. The van der Waals surface area contributed by atoms with E-state index in [0.29, 0.717) is 0 Å². The fourth-order valence-electron chi connectivity index (χ4n) is 4.83. The van der Waals surface area contributed by atoms with Gasteiger partial charge in [-0.25, -0.2) is 0 Å². The lowest BCUT2D eigenvalue weighted by Crippen LogP contribution is -1.91. The Balaban J connectivity index is 1.41. The first kappa shape index (κ1) is 20.0. The lowest BCUT2D eigenvalue weighted by Gasteiger charge is -2.13. The second-order valence-corrected chi connectivity index (χ2v) is 9.67. The molecule has 0 atom stereocenters. The van der Waals surface area contributed by atoms with Gasteiger partial charge in [0.05, 0.1) is 0 Å². The average Bonchev–Trinajstić information content (AvgIpc) is 3.25. The summed E-state index contributed by atoms with van der Waals surface area (Å²) in [5, 5.41) is 2.70. The molecular weight excluding hydrogens is 416 g/mol. The number of fused-ring (bicyclic) bond motifs is 3. The molecule has 0 fully saturated rings. The third kappa shape index (κ3) is 3.65. The molecule has 1 heteroatoms. The Bertz CT molecular complexity index is 1570. The highest BCUT2D eigenvalue weighted by molar-refractivity contribution is 7.26. The van der Waals surface area contributed by atoms with E-state index in [-0.39, 0.29) is 0 Å². The maximum absolute atomic E-state index is 2.27. The van der Waals surface area contributed by atoms with E-state index in [1.807, 2.05) is 11.3 Å². The van der Waals surface area contributed by atoms with Gasteiger partial charge in [-0.15, -0.1) is 11.3 Å². The average molecular weight is 441 g/mol. The number of hydrogen-bond acceptors (Lipinski definition) is 1. The minimum Gasteiger partial charge on any atom is -0.135 e.